The van der Waals surface area contributed by atoms with Crippen molar-refractivity contribution in [1.29, 1.82) is 0 Å². The van der Waals surface area contributed by atoms with Gasteiger partial charge < -0.3 is 4.90 Å². The van der Waals surface area contributed by atoms with Crippen LogP contribution in [0.1, 0.15) is 69.3 Å². The maximum absolute atomic E-state index is 12.8. The van der Waals surface area contributed by atoms with Crippen molar-refractivity contribution in [2.24, 2.45) is 5.92 Å². The third kappa shape index (κ3) is 3.30. The van der Waals surface area contributed by atoms with Crippen LogP contribution < -0.4 is 0 Å². The summed E-state index contributed by atoms with van der Waals surface area (Å²) in [6.07, 6.45) is 3.80. The standard InChI is InChI=1S/C21H25N3O2/c1-13-3-6-17(14(2)11-13)20(25)16-7-9-24(10-8-16)21(26)19-12-18(22-23-19)15-4-5-15/h3,6,11-12,15-16H,4-5,7-10H2,1-2H3,(H,22,23). The number of aromatic nitrogens is 2. The monoisotopic (exact) mass is 351 g/mol. The van der Waals surface area contributed by atoms with Crippen LogP contribution in [-0.4, -0.2) is 39.9 Å². The summed E-state index contributed by atoms with van der Waals surface area (Å²) in [5.74, 6) is 0.753. The first kappa shape index (κ1) is 17.0. The molecule has 1 N–H and O–H groups in total. The van der Waals surface area contributed by atoms with Crippen molar-refractivity contribution in [2.75, 3.05) is 13.1 Å². The molecule has 5 nitrogen and oxygen atoms in total. The highest BCUT2D eigenvalue weighted by Gasteiger charge is 2.31. The van der Waals surface area contributed by atoms with Gasteiger partial charge in [-0.15, -0.1) is 0 Å². The lowest BCUT2D eigenvalue weighted by atomic mass is 9.87. The van der Waals surface area contributed by atoms with E-state index in [0.717, 1.165) is 29.7 Å². The number of aryl methyl sites for hydroxylation is 2. The van der Waals surface area contributed by atoms with Gasteiger partial charge in [-0.25, -0.2) is 0 Å². The van der Waals surface area contributed by atoms with E-state index in [2.05, 4.69) is 16.3 Å². The van der Waals surface area contributed by atoms with Crippen LogP contribution in [0.2, 0.25) is 0 Å². The number of ketones is 1. The third-order valence-corrected chi connectivity index (χ3v) is 5.63. The summed E-state index contributed by atoms with van der Waals surface area (Å²) >= 11 is 0. The van der Waals surface area contributed by atoms with Crippen LogP contribution in [0.3, 0.4) is 0 Å². The Morgan fingerprint density at radius 2 is 1.81 bits per heavy atom. The summed E-state index contributed by atoms with van der Waals surface area (Å²) in [4.78, 5) is 27.3. The topological polar surface area (TPSA) is 66.1 Å². The largest absolute Gasteiger partial charge is 0.337 e. The highest BCUT2D eigenvalue weighted by Crippen LogP contribution is 2.39. The van der Waals surface area contributed by atoms with Crippen molar-refractivity contribution >= 4 is 11.7 Å². The zero-order valence-electron chi connectivity index (χ0n) is 15.4. The summed E-state index contributed by atoms with van der Waals surface area (Å²) in [5.41, 5.74) is 4.61. The van der Waals surface area contributed by atoms with E-state index >= 15 is 0 Å². The molecular weight excluding hydrogens is 326 g/mol. The fourth-order valence-electron chi connectivity index (χ4n) is 3.87. The Bertz CT molecular complexity index is 843. The van der Waals surface area contributed by atoms with Gasteiger partial charge >= 0.3 is 0 Å². The Kier molecular flexibility index (Phi) is 4.39. The van der Waals surface area contributed by atoms with Crippen LogP contribution in [0.25, 0.3) is 0 Å². The highest BCUT2D eigenvalue weighted by molar-refractivity contribution is 5.99. The number of likely N-dealkylation sites (tertiary alicyclic amines) is 1. The number of carbonyl (C=O) groups excluding carboxylic acids is 2. The first-order valence-electron chi connectivity index (χ1n) is 9.49. The lowest BCUT2D eigenvalue weighted by Gasteiger charge is -2.31. The van der Waals surface area contributed by atoms with Gasteiger partial charge in [0.15, 0.2) is 5.78 Å². The SMILES string of the molecule is Cc1ccc(C(=O)C2CCN(C(=O)c3cc(C4CC4)[nH]n3)CC2)c(C)c1. The van der Waals surface area contributed by atoms with E-state index < -0.39 is 0 Å². The van der Waals surface area contributed by atoms with Gasteiger partial charge in [-0.2, -0.15) is 5.10 Å². The normalized spacial score (nSPS) is 18.2. The van der Waals surface area contributed by atoms with E-state index in [-0.39, 0.29) is 17.6 Å². The molecule has 0 spiro atoms. The van der Waals surface area contributed by atoms with Crippen molar-refractivity contribution in [1.82, 2.24) is 15.1 Å². The summed E-state index contributed by atoms with van der Waals surface area (Å²) in [7, 11) is 0. The quantitative estimate of drug-likeness (QED) is 0.855. The number of hydrogen-bond donors (Lipinski definition) is 1. The number of carbonyl (C=O) groups is 2. The van der Waals surface area contributed by atoms with Crippen LogP contribution >= 0.6 is 0 Å². The molecule has 1 saturated carbocycles. The maximum Gasteiger partial charge on any atom is 0.274 e. The summed E-state index contributed by atoms with van der Waals surface area (Å²) in [6, 6.07) is 7.88. The lowest BCUT2D eigenvalue weighted by Crippen LogP contribution is -2.40. The van der Waals surface area contributed by atoms with E-state index in [1.54, 1.807) is 0 Å². The number of aromatic amines is 1. The number of H-pyrrole nitrogens is 1. The van der Waals surface area contributed by atoms with Crippen molar-refractivity contribution in [2.45, 2.75) is 45.4 Å². The molecule has 26 heavy (non-hydrogen) atoms. The first-order chi connectivity index (χ1) is 12.5. The fourth-order valence-corrected chi connectivity index (χ4v) is 3.87. The van der Waals surface area contributed by atoms with Crippen LogP contribution in [0.4, 0.5) is 0 Å². The summed E-state index contributed by atoms with van der Waals surface area (Å²) < 4.78 is 0. The Labute approximate surface area is 153 Å². The van der Waals surface area contributed by atoms with Crippen LogP contribution in [0.15, 0.2) is 24.3 Å². The number of benzene rings is 1. The molecule has 1 aromatic heterocycles. The maximum atomic E-state index is 12.8. The zero-order valence-corrected chi connectivity index (χ0v) is 15.4. The first-order valence-corrected chi connectivity index (χ1v) is 9.49. The second-order valence-corrected chi connectivity index (χ2v) is 7.73. The van der Waals surface area contributed by atoms with Gasteiger partial charge in [-0.1, -0.05) is 23.8 Å². The van der Waals surface area contributed by atoms with E-state index in [1.807, 2.05) is 36.9 Å². The highest BCUT2D eigenvalue weighted by atomic mass is 16.2. The van der Waals surface area contributed by atoms with Gasteiger partial charge in [0.25, 0.3) is 5.91 Å². The van der Waals surface area contributed by atoms with Gasteiger partial charge in [0.1, 0.15) is 5.69 Å². The number of rotatable bonds is 4. The molecule has 1 aromatic carbocycles. The molecule has 0 radical (unpaired) electrons. The zero-order chi connectivity index (χ0) is 18.3. The van der Waals surface area contributed by atoms with Crippen molar-refractivity contribution in [3.05, 3.63) is 52.3 Å². The molecule has 2 fully saturated rings. The predicted octanol–water partition coefficient (Wildman–Crippen LogP) is 3.64. The molecule has 1 saturated heterocycles. The smallest absolute Gasteiger partial charge is 0.274 e. The van der Waals surface area contributed by atoms with E-state index in [4.69, 9.17) is 0 Å². The molecule has 2 aliphatic rings. The molecule has 1 amide bonds. The van der Waals surface area contributed by atoms with Crippen molar-refractivity contribution in [3.63, 3.8) is 0 Å². The number of nitrogens with zero attached hydrogens (tertiary/aromatic N) is 2. The molecule has 0 atom stereocenters. The number of nitrogens with one attached hydrogen (secondary N) is 1. The second-order valence-electron chi connectivity index (χ2n) is 7.73. The summed E-state index contributed by atoms with van der Waals surface area (Å²) in [5, 5.41) is 7.19. The second kappa shape index (κ2) is 6.71. The molecule has 1 aliphatic carbocycles. The molecule has 1 aliphatic heterocycles. The number of amides is 1. The minimum absolute atomic E-state index is 0.00154. The van der Waals surface area contributed by atoms with Gasteiger partial charge in [0.05, 0.1) is 0 Å². The Morgan fingerprint density at radius 1 is 1.08 bits per heavy atom. The molecule has 2 aromatic rings. The molecule has 4 rings (SSSR count). The van der Waals surface area contributed by atoms with Gasteiger partial charge in [-0.05, 0) is 51.2 Å². The average Bonchev–Trinajstić information content (AvgIpc) is 3.38. The number of hydrogen-bond acceptors (Lipinski definition) is 3. The van der Waals surface area contributed by atoms with Gasteiger partial charge in [0.2, 0.25) is 0 Å². The fraction of sp³-hybridized carbons (Fsp3) is 0.476. The minimum atomic E-state index is -0.0226. The van der Waals surface area contributed by atoms with E-state index in [9.17, 15) is 9.59 Å². The van der Waals surface area contributed by atoms with Crippen LogP contribution in [0, 0.1) is 19.8 Å². The third-order valence-electron chi connectivity index (χ3n) is 5.63. The minimum Gasteiger partial charge on any atom is -0.337 e. The Hall–Kier alpha value is -2.43. The van der Waals surface area contributed by atoms with Crippen molar-refractivity contribution < 1.29 is 9.59 Å². The molecule has 0 bridgehead atoms. The average molecular weight is 351 g/mol. The number of piperidine rings is 1. The molecule has 0 unspecified atom stereocenters. The number of Topliss-reactive ketones (excluding diaryl/α,β-unsaturated/α-hetero) is 1. The van der Waals surface area contributed by atoms with Crippen LogP contribution in [-0.2, 0) is 0 Å². The van der Waals surface area contributed by atoms with Crippen LogP contribution in [0.5, 0.6) is 0 Å². The van der Waals surface area contributed by atoms with E-state index in [1.165, 1.54) is 18.4 Å². The van der Waals surface area contributed by atoms with Gasteiger partial charge in [-0.3, -0.25) is 14.7 Å². The molecule has 5 heteroatoms. The molecule has 2 heterocycles. The lowest BCUT2D eigenvalue weighted by molar-refractivity contribution is 0.0645. The van der Waals surface area contributed by atoms with Gasteiger partial charge in [0, 0.05) is 36.2 Å². The molecular formula is C21H25N3O2. The Morgan fingerprint density at radius 3 is 2.46 bits per heavy atom. The molecule has 136 valence electrons. The Balaban J connectivity index is 1.38. The van der Waals surface area contributed by atoms with E-state index in [0.29, 0.717) is 24.7 Å². The summed E-state index contributed by atoms with van der Waals surface area (Å²) in [6.45, 7) is 5.26. The predicted molar refractivity (Wildman–Crippen MR) is 99.4 cm³/mol. The van der Waals surface area contributed by atoms with Crippen molar-refractivity contribution in [3.8, 4) is 0 Å².